The van der Waals surface area contributed by atoms with E-state index in [9.17, 15) is 10.1 Å². The highest BCUT2D eigenvalue weighted by molar-refractivity contribution is 6.31. The molecule has 0 aliphatic carbocycles. The molecule has 0 bridgehead atoms. The summed E-state index contributed by atoms with van der Waals surface area (Å²) in [5.41, 5.74) is 0.661. The third kappa shape index (κ3) is 3.44. The number of nitro groups is 1. The van der Waals surface area contributed by atoms with E-state index in [1.165, 1.54) is 18.2 Å². The summed E-state index contributed by atoms with van der Waals surface area (Å²) < 4.78 is 0. The van der Waals surface area contributed by atoms with Crippen LogP contribution in [0.5, 0.6) is 0 Å². The summed E-state index contributed by atoms with van der Waals surface area (Å²) >= 11 is 5.90. The molecule has 0 aliphatic heterocycles. The standard InChI is InChI=1S/C10H13ClN2O3/c1-7(6-14)12-5-8-4-9(13(15)16)2-3-10(8)11/h2-4,7,12,14H,5-6H2,1H3. The fourth-order valence-corrected chi connectivity index (χ4v) is 1.34. The van der Waals surface area contributed by atoms with Crippen molar-refractivity contribution in [3.05, 3.63) is 38.9 Å². The van der Waals surface area contributed by atoms with Gasteiger partial charge in [-0.2, -0.15) is 0 Å². The van der Waals surface area contributed by atoms with E-state index < -0.39 is 4.92 Å². The van der Waals surface area contributed by atoms with Crippen molar-refractivity contribution in [1.82, 2.24) is 5.32 Å². The Morgan fingerprint density at radius 3 is 2.88 bits per heavy atom. The first-order chi connectivity index (χ1) is 7.54. The van der Waals surface area contributed by atoms with Crippen molar-refractivity contribution >= 4 is 17.3 Å². The minimum Gasteiger partial charge on any atom is -0.395 e. The molecule has 0 spiro atoms. The van der Waals surface area contributed by atoms with E-state index in [0.717, 1.165) is 0 Å². The molecule has 1 rings (SSSR count). The van der Waals surface area contributed by atoms with Crippen molar-refractivity contribution in [2.75, 3.05) is 6.61 Å². The Balaban J connectivity index is 2.78. The van der Waals surface area contributed by atoms with Gasteiger partial charge in [-0.25, -0.2) is 0 Å². The van der Waals surface area contributed by atoms with Crippen molar-refractivity contribution in [3.8, 4) is 0 Å². The number of hydrogen-bond acceptors (Lipinski definition) is 4. The molecule has 0 saturated heterocycles. The quantitative estimate of drug-likeness (QED) is 0.611. The van der Waals surface area contributed by atoms with Crippen LogP contribution in [-0.2, 0) is 6.54 Å². The average Bonchev–Trinajstić information content (AvgIpc) is 2.27. The van der Waals surface area contributed by atoms with E-state index in [1.807, 2.05) is 6.92 Å². The second-order valence-electron chi connectivity index (χ2n) is 3.50. The van der Waals surface area contributed by atoms with Crippen LogP contribution in [0.1, 0.15) is 12.5 Å². The average molecular weight is 245 g/mol. The molecule has 0 fully saturated rings. The highest BCUT2D eigenvalue weighted by Crippen LogP contribution is 2.21. The first kappa shape index (κ1) is 12.9. The van der Waals surface area contributed by atoms with Crippen LogP contribution >= 0.6 is 11.6 Å². The third-order valence-corrected chi connectivity index (χ3v) is 2.52. The van der Waals surface area contributed by atoms with Crippen molar-refractivity contribution < 1.29 is 10.0 Å². The van der Waals surface area contributed by atoms with E-state index >= 15 is 0 Å². The molecule has 0 amide bonds. The monoisotopic (exact) mass is 244 g/mol. The van der Waals surface area contributed by atoms with E-state index in [1.54, 1.807) is 0 Å². The fraction of sp³-hybridized carbons (Fsp3) is 0.400. The van der Waals surface area contributed by atoms with E-state index in [4.69, 9.17) is 16.7 Å². The zero-order chi connectivity index (χ0) is 12.1. The van der Waals surface area contributed by atoms with Gasteiger partial charge in [0.25, 0.3) is 5.69 Å². The molecule has 0 aromatic heterocycles. The maximum atomic E-state index is 10.6. The molecule has 1 aromatic rings. The number of halogens is 1. The molecule has 1 atom stereocenters. The minimum atomic E-state index is -0.463. The predicted molar refractivity (Wildman–Crippen MR) is 61.5 cm³/mol. The Labute approximate surface area is 98.2 Å². The Morgan fingerprint density at radius 1 is 1.62 bits per heavy atom. The van der Waals surface area contributed by atoms with Gasteiger partial charge in [0.1, 0.15) is 0 Å². The molecule has 0 heterocycles. The van der Waals surface area contributed by atoms with Crippen LogP contribution in [-0.4, -0.2) is 22.7 Å². The number of rotatable bonds is 5. The maximum Gasteiger partial charge on any atom is 0.269 e. The number of benzene rings is 1. The molecular formula is C10H13ClN2O3. The lowest BCUT2D eigenvalue weighted by atomic mass is 10.2. The van der Waals surface area contributed by atoms with Gasteiger partial charge in [-0.15, -0.1) is 0 Å². The fourth-order valence-electron chi connectivity index (χ4n) is 1.16. The number of non-ortho nitro benzene ring substituents is 1. The molecule has 16 heavy (non-hydrogen) atoms. The molecule has 0 radical (unpaired) electrons. The summed E-state index contributed by atoms with van der Waals surface area (Å²) in [6.45, 7) is 2.21. The van der Waals surface area contributed by atoms with Crippen LogP contribution < -0.4 is 5.32 Å². The van der Waals surface area contributed by atoms with Gasteiger partial charge in [-0.1, -0.05) is 11.6 Å². The van der Waals surface area contributed by atoms with E-state index in [-0.39, 0.29) is 18.3 Å². The lowest BCUT2D eigenvalue weighted by Crippen LogP contribution is -2.28. The smallest absolute Gasteiger partial charge is 0.269 e. The van der Waals surface area contributed by atoms with Crippen LogP contribution in [0.15, 0.2) is 18.2 Å². The van der Waals surface area contributed by atoms with Crippen molar-refractivity contribution in [2.24, 2.45) is 0 Å². The summed E-state index contributed by atoms with van der Waals surface area (Å²) in [4.78, 5) is 10.1. The number of aliphatic hydroxyl groups is 1. The third-order valence-electron chi connectivity index (χ3n) is 2.15. The largest absolute Gasteiger partial charge is 0.395 e. The summed E-state index contributed by atoms with van der Waals surface area (Å²) in [6, 6.07) is 4.22. The highest BCUT2D eigenvalue weighted by Gasteiger charge is 2.10. The van der Waals surface area contributed by atoms with E-state index in [0.29, 0.717) is 17.1 Å². The Bertz CT molecular complexity index is 384. The molecule has 1 aromatic carbocycles. The molecule has 0 saturated carbocycles. The summed E-state index contributed by atoms with van der Waals surface area (Å²) in [5, 5.41) is 22.9. The Kier molecular flexibility index (Phi) is 4.67. The summed E-state index contributed by atoms with van der Waals surface area (Å²) in [6.07, 6.45) is 0. The first-order valence-electron chi connectivity index (χ1n) is 4.81. The van der Waals surface area contributed by atoms with Crippen molar-refractivity contribution in [1.29, 1.82) is 0 Å². The second-order valence-corrected chi connectivity index (χ2v) is 3.90. The van der Waals surface area contributed by atoms with Gasteiger partial charge in [0.05, 0.1) is 11.5 Å². The SMILES string of the molecule is CC(CO)NCc1cc([N+](=O)[O-])ccc1Cl. The second kappa shape index (κ2) is 5.79. The van der Waals surface area contributed by atoms with Gasteiger partial charge in [0.15, 0.2) is 0 Å². The number of nitrogens with zero attached hydrogens (tertiary/aromatic N) is 1. The zero-order valence-electron chi connectivity index (χ0n) is 8.81. The first-order valence-corrected chi connectivity index (χ1v) is 5.19. The topological polar surface area (TPSA) is 75.4 Å². The van der Waals surface area contributed by atoms with Crippen LogP contribution in [0.2, 0.25) is 5.02 Å². The lowest BCUT2D eigenvalue weighted by molar-refractivity contribution is -0.384. The maximum absolute atomic E-state index is 10.6. The molecule has 1 unspecified atom stereocenters. The van der Waals surface area contributed by atoms with Crippen LogP contribution in [0, 0.1) is 10.1 Å². The molecule has 88 valence electrons. The Hall–Kier alpha value is -1.17. The van der Waals surface area contributed by atoms with Crippen molar-refractivity contribution in [2.45, 2.75) is 19.5 Å². The molecule has 5 nitrogen and oxygen atoms in total. The Morgan fingerprint density at radius 2 is 2.31 bits per heavy atom. The van der Waals surface area contributed by atoms with Crippen LogP contribution in [0.3, 0.4) is 0 Å². The molecule has 6 heteroatoms. The zero-order valence-corrected chi connectivity index (χ0v) is 9.57. The van der Waals surface area contributed by atoms with E-state index in [2.05, 4.69) is 5.32 Å². The van der Waals surface area contributed by atoms with Gasteiger partial charge in [0, 0.05) is 29.7 Å². The number of hydrogen-bond donors (Lipinski definition) is 2. The van der Waals surface area contributed by atoms with Crippen LogP contribution in [0.4, 0.5) is 5.69 Å². The number of nitrogens with one attached hydrogen (secondary N) is 1. The van der Waals surface area contributed by atoms with Gasteiger partial charge in [-0.05, 0) is 18.6 Å². The van der Waals surface area contributed by atoms with Gasteiger partial charge in [-0.3, -0.25) is 10.1 Å². The normalized spacial score (nSPS) is 12.4. The van der Waals surface area contributed by atoms with Gasteiger partial charge < -0.3 is 10.4 Å². The molecular weight excluding hydrogens is 232 g/mol. The van der Waals surface area contributed by atoms with Crippen LogP contribution in [0.25, 0.3) is 0 Å². The van der Waals surface area contributed by atoms with Gasteiger partial charge in [0.2, 0.25) is 0 Å². The van der Waals surface area contributed by atoms with Crippen molar-refractivity contribution in [3.63, 3.8) is 0 Å². The highest BCUT2D eigenvalue weighted by atomic mass is 35.5. The number of aliphatic hydroxyl groups excluding tert-OH is 1. The minimum absolute atomic E-state index is 0.00649. The lowest BCUT2D eigenvalue weighted by Gasteiger charge is -2.11. The molecule has 2 N–H and O–H groups in total. The summed E-state index contributed by atoms with van der Waals surface area (Å²) in [5.74, 6) is 0. The predicted octanol–water partition coefficient (Wildman–Crippen LogP) is 1.72. The van der Waals surface area contributed by atoms with Gasteiger partial charge >= 0.3 is 0 Å². The number of nitro benzene ring substituents is 1. The molecule has 0 aliphatic rings. The summed E-state index contributed by atoms with van der Waals surface area (Å²) in [7, 11) is 0.